The summed E-state index contributed by atoms with van der Waals surface area (Å²) in [5.74, 6) is 0.810. The van der Waals surface area contributed by atoms with Crippen LogP contribution in [0, 0.1) is 5.92 Å². The summed E-state index contributed by atoms with van der Waals surface area (Å²) in [6.07, 6.45) is 1.74. The fourth-order valence-electron chi connectivity index (χ4n) is 2.34. The number of amides is 1. The first-order chi connectivity index (χ1) is 9.17. The van der Waals surface area contributed by atoms with E-state index in [0.29, 0.717) is 13.2 Å². The summed E-state index contributed by atoms with van der Waals surface area (Å²) in [5, 5.41) is 3.08. The molecule has 0 saturated heterocycles. The van der Waals surface area contributed by atoms with Crippen LogP contribution in [0.5, 0.6) is 5.75 Å². The van der Waals surface area contributed by atoms with Gasteiger partial charge in [0.05, 0.1) is 12.6 Å². The molecule has 0 bridgehead atoms. The Bertz CT molecular complexity index is 465. The van der Waals surface area contributed by atoms with Crippen molar-refractivity contribution in [2.75, 3.05) is 13.2 Å². The normalized spacial score (nSPS) is 18.2. The molecule has 1 amide bonds. The number of hydrogen-bond donors (Lipinski definition) is 2. The number of nitrogens with one attached hydrogen (secondary N) is 1. The summed E-state index contributed by atoms with van der Waals surface area (Å²) in [5.41, 5.74) is 7.82. The van der Waals surface area contributed by atoms with Crippen LogP contribution in [-0.2, 0) is 11.2 Å². The second-order valence-electron chi connectivity index (χ2n) is 5.02. The number of aryl methyl sites for hydroxylation is 1. The molecule has 0 aromatic heterocycles. The molecule has 1 aromatic rings. The minimum Gasteiger partial charge on any atom is -0.493 e. The molecular weight excluding hydrogens is 276 g/mol. The zero-order chi connectivity index (χ0) is 13.8. The van der Waals surface area contributed by atoms with Gasteiger partial charge in [0, 0.05) is 24.4 Å². The number of carbonyl (C=O) groups is 1. The van der Waals surface area contributed by atoms with Crippen LogP contribution >= 0.6 is 12.4 Å². The average molecular weight is 299 g/mol. The SMILES string of the molecule is CCc1cccc2c1OCCC2NC(=O)C(C)CN.Cl. The predicted molar refractivity (Wildman–Crippen MR) is 82.3 cm³/mol. The summed E-state index contributed by atoms with van der Waals surface area (Å²) in [6.45, 7) is 4.97. The van der Waals surface area contributed by atoms with Crippen LogP contribution in [0.1, 0.15) is 37.4 Å². The van der Waals surface area contributed by atoms with Crippen LogP contribution in [-0.4, -0.2) is 19.1 Å². The number of fused-ring (bicyclic) bond motifs is 1. The van der Waals surface area contributed by atoms with E-state index in [-0.39, 0.29) is 30.3 Å². The Balaban J connectivity index is 0.00000200. The number of ether oxygens (including phenoxy) is 1. The maximum Gasteiger partial charge on any atom is 0.224 e. The van der Waals surface area contributed by atoms with Gasteiger partial charge < -0.3 is 15.8 Å². The van der Waals surface area contributed by atoms with Crippen LogP contribution < -0.4 is 15.8 Å². The van der Waals surface area contributed by atoms with Crippen LogP contribution in [0.4, 0.5) is 0 Å². The highest BCUT2D eigenvalue weighted by Crippen LogP contribution is 2.35. The number of hydrogen-bond acceptors (Lipinski definition) is 3. The third-order valence-electron chi connectivity index (χ3n) is 3.65. The van der Waals surface area contributed by atoms with Gasteiger partial charge in [-0.15, -0.1) is 12.4 Å². The van der Waals surface area contributed by atoms with Crippen molar-refractivity contribution in [1.29, 1.82) is 0 Å². The molecule has 3 N–H and O–H groups in total. The van der Waals surface area contributed by atoms with Crippen molar-refractivity contribution in [3.8, 4) is 5.75 Å². The standard InChI is InChI=1S/C15H22N2O2.ClH/c1-3-11-5-4-6-12-13(7-8-19-14(11)12)17-15(18)10(2)9-16;/h4-6,10,13H,3,7-9,16H2,1-2H3,(H,17,18);1H. The molecule has 0 radical (unpaired) electrons. The lowest BCUT2D eigenvalue weighted by atomic mass is 9.96. The third kappa shape index (κ3) is 3.44. The molecular formula is C15H23ClN2O2. The first-order valence-corrected chi connectivity index (χ1v) is 6.92. The molecule has 2 rings (SSSR count). The molecule has 20 heavy (non-hydrogen) atoms. The smallest absolute Gasteiger partial charge is 0.224 e. The minimum atomic E-state index is -0.152. The first-order valence-electron chi connectivity index (χ1n) is 6.92. The van der Waals surface area contributed by atoms with E-state index in [4.69, 9.17) is 10.5 Å². The van der Waals surface area contributed by atoms with Gasteiger partial charge in [-0.2, -0.15) is 0 Å². The van der Waals surface area contributed by atoms with E-state index < -0.39 is 0 Å². The molecule has 5 heteroatoms. The Labute approximate surface area is 126 Å². The maximum absolute atomic E-state index is 12.0. The predicted octanol–water partition coefficient (Wildman–Crippen LogP) is 2.21. The Morgan fingerprint density at radius 3 is 2.95 bits per heavy atom. The molecule has 1 heterocycles. The molecule has 2 atom stereocenters. The highest BCUT2D eigenvalue weighted by molar-refractivity contribution is 5.85. The molecule has 0 spiro atoms. The topological polar surface area (TPSA) is 64.3 Å². The van der Waals surface area contributed by atoms with Gasteiger partial charge in [0.1, 0.15) is 5.75 Å². The van der Waals surface area contributed by atoms with E-state index in [9.17, 15) is 4.79 Å². The molecule has 1 aliphatic heterocycles. The second kappa shape index (κ2) is 7.50. The van der Waals surface area contributed by atoms with E-state index in [1.165, 1.54) is 5.56 Å². The van der Waals surface area contributed by atoms with Crippen LogP contribution in [0.15, 0.2) is 18.2 Å². The van der Waals surface area contributed by atoms with Gasteiger partial charge in [-0.05, 0) is 12.0 Å². The van der Waals surface area contributed by atoms with Gasteiger partial charge in [0.25, 0.3) is 0 Å². The quantitative estimate of drug-likeness (QED) is 0.896. The molecule has 0 aliphatic carbocycles. The Morgan fingerprint density at radius 1 is 1.55 bits per heavy atom. The molecule has 2 unspecified atom stereocenters. The first kappa shape index (κ1) is 16.8. The Kier molecular flexibility index (Phi) is 6.30. The Hall–Kier alpha value is -1.26. The van der Waals surface area contributed by atoms with Crippen LogP contribution in [0.3, 0.4) is 0 Å². The third-order valence-corrected chi connectivity index (χ3v) is 3.65. The highest BCUT2D eigenvalue weighted by Gasteiger charge is 2.25. The molecule has 112 valence electrons. The van der Waals surface area contributed by atoms with Gasteiger partial charge in [-0.3, -0.25) is 4.79 Å². The molecule has 4 nitrogen and oxygen atoms in total. The summed E-state index contributed by atoms with van der Waals surface area (Å²) in [7, 11) is 0. The molecule has 0 saturated carbocycles. The zero-order valence-corrected chi connectivity index (χ0v) is 12.8. The van der Waals surface area contributed by atoms with Crippen molar-refractivity contribution >= 4 is 18.3 Å². The summed E-state index contributed by atoms with van der Waals surface area (Å²) < 4.78 is 5.77. The van der Waals surface area contributed by atoms with E-state index >= 15 is 0 Å². The summed E-state index contributed by atoms with van der Waals surface area (Å²) >= 11 is 0. The van der Waals surface area contributed by atoms with Crippen LogP contribution in [0.25, 0.3) is 0 Å². The van der Waals surface area contributed by atoms with E-state index in [1.807, 2.05) is 19.1 Å². The highest BCUT2D eigenvalue weighted by atomic mass is 35.5. The van der Waals surface area contributed by atoms with Crippen molar-refractivity contribution in [1.82, 2.24) is 5.32 Å². The van der Waals surface area contributed by atoms with Gasteiger partial charge in [-0.1, -0.05) is 32.0 Å². The van der Waals surface area contributed by atoms with Crippen molar-refractivity contribution < 1.29 is 9.53 Å². The van der Waals surface area contributed by atoms with Gasteiger partial charge in [0.2, 0.25) is 5.91 Å². The van der Waals surface area contributed by atoms with E-state index in [2.05, 4.69) is 18.3 Å². The lowest BCUT2D eigenvalue weighted by Gasteiger charge is -2.29. The van der Waals surface area contributed by atoms with Crippen molar-refractivity contribution in [2.45, 2.75) is 32.7 Å². The summed E-state index contributed by atoms with van der Waals surface area (Å²) in [4.78, 5) is 12.0. The zero-order valence-electron chi connectivity index (χ0n) is 12.0. The Morgan fingerprint density at radius 2 is 2.30 bits per heavy atom. The van der Waals surface area contributed by atoms with Crippen molar-refractivity contribution in [3.63, 3.8) is 0 Å². The molecule has 1 aliphatic rings. The number of rotatable bonds is 4. The largest absolute Gasteiger partial charge is 0.493 e. The fraction of sp³-hybridized carbons (Fsp3) is 0.533. The summed E-state index contributed by atoms with van der Waals surface area (Å²) in [6, 6.07) is 6.17. The van der Waals surface area contributed by atoms with Crippen molar-refractivity contribution in [2.24, 2.45) is 11.7 Å². The average Bonchev–Trinajstić information content (AvgIpc) is 2.46. The second-order valence-corrected chi connectivity index (χ2v) is 5.02. The fourth-order valence-corrected chi connectivity index (χ4v) is 2.34. The number of para-hydroxylation sites is 1. The number of halogens is 1. The molecule has 1 aromatic carbocycles. The molecule has 0 fully saturated rings. The van der Waals surface area contributed by atoms with Crippen molar-refractivity contribution in [3.05, 3.63) is 29.3 Å². The number of benzene rings is 1. The van der Waals surface area contributed by atoms with Gasteiger partial charge >= 0.3 is 0 Å². The maximum atomic E-state index is 12.0. The van der Waals surface area contributed by atoms with Gasteiger partial charge in [-0.25, -0.2) is 0 Å². The van der Waals surface area contributed by atoms with E-state index in [1.54, 1.807) is 0 Å². The minimum absolute atomic E-state index is 0. The van der Waals surface area contributed by atoms with Crippen LogP contribution in [0.2, 0.25) is 0 Å². The van der Waals surface area contributed by atoms with Gasteiger partial charge in [0.15, 0.2) is 0 Å². The number of nitrogens with two attached hydrogens (primary N) is 1. The number of carbonyl (C=O) groups excluding carboxylic acids is 1. The monoisotopic (exact) mass is 298 g/mol. The van der Waals surface area contributed by atoms with E-state index in [0.717, 1.165) is 24.2 Å². The lowest BCUT2D eigenvalue weighted by Crippen LogP contribution is -2.37. The lowest BCUT2D eigenvalue weighted by molar-refractivity contribution is -0.125.